The molecule has 0 saturated carbocycles. The van der Waals surface area contributed by atoms with Gasteiger partial charge >= 0.3 is 0 Å². The Morgan fingerprint density at radius 1 is 1.27 bits per heavy atom. The molecule has 0 saturated heterocycles. The second-order valence-corrected chi connectivity index (χ2v) is 4.07. The van der Waals surface area contributed by atoms with Crippen LogP contribution in [-0.2, 0) is 0 Å². The first-order valence-corrected chi connectivity index (χ1v) is 5.52. The molecule has 0 spiro atoms. The predicted molar refractivity (Wildman–Crippen MR) is 62.3 cm³/mol. The highest BCUT2D eigenvalue weighted by Gasteiger charge is 2.10. The average Bonchev–Trinajstić information content (AvgIpc) is 2.30. The Hall–Kier alpha value is -1.55. The zero-order chi connectivity index (χ0) is 10.7. The Kier molecular flexibility index (Phi) is 2.87. The van der Waals surface area contributed by atoms with Crippen molar-refractivity contribution in [2.24, 2.45) is 0 Å². The molecule has 1 aliphatic carbocycles. The number of benzene rings is 1. The van der Waals surface area contributed by atoms with E-state index in [0.29, 0.717) is 0 Å². The van der Waals surface area contributed by atoms with Crippen LogP contribution in [0.2, 0.25) is 0 Å². The minimum Gasteiger partial charge on any atom is -0.192 e. The smallest absolute Gasteiger partial charge is 0.0994 e. The fraction of sp³-hybridized carbons (Fsp3) is 0.357. The fourth-order valence-electron chi connectivity index (χ4n) is 2.19. The van der Waals surface area contributed by atoms with Crippen LogP contribution in [0.1, 0.15) is 42.4 Å². The van der Waals surface area contributed by atoms with Crippen LogP contribution in [0.4, 0.5) is 0 Å². The number of rotatable bonds is 1. The summed E-state index contributed by atoms with van der Waals surface area (Å²) >= 11 is 0. The second-order valence-electron chi connectivity index (χ2n) is 4.07. The zero-order valence-electron chi connectivity index (χ0n) is 9.09. The van der Waals surface area contributed by atoms with E-state index in [4.69, 9.17) is 5.26 Å². The summed E-state index contributed by atoms with van der Waals surface area (Å²) in [6.45, 7) is 2.04. The van der Waals surface area contributed by atoms with Gasteiger partial charge in [-0.05, 0) is 55.4 Å². The third kappa shape index (κ3) is 1.94. The van der Waals surface area contributed by atoms with E-state index < -0.39 is 0 Å². The molecule has 0 atom stereocenters. The van der Waals surface area contributed by atoms with Crippen LogP contribution in [-0.4, -0.2) is 0 Å². The molecule has 1 aliphatic rings. The molecule has 0 fully saturated rings. The van der Waals surface area contributed by atoms with Crippen LogP contribution < -0.4 is 0 Å². The summed E-state index contributed by atoms with van der Waals surface area (Å²) in [6.07, 6.45) is 7.26. The van der Waals surface area contributed by atoms with Crippen molar-refractivity contribution in [3.05, 3.63) is 41.0 Å². The molecular formula is C14H15N. The van der Waals surface area contributed by atoms with Crippen LogP contribution >= 0.6 is 0 Å². The lowest BCUT2D eigenvalue weighted by atomic mass is 9.90. The fourth-order valence-corrected chi connectivity index (χ4v) is 2.19. The normalized spacial score (nSPS) is 15.6. The summed E-state index contributed by atoms with van der Waals surface area (Å²) in [5, 5.41) is 8.97. The number of hydrogen-bond donors (Lipinski definition) is 0. The first kappa shape index (κ1) is 9.98. The minimum atomic E-state index is 0.805. The first-order valence-electron chi connectivity index (χ1n) is 5.52. The Morgan fingerprint density at radius 2 is 2.13 bits per heavy atom. The molecule has 0 heterocycles. The highest BCUT2D eigenvalue weighted by atomic mass is 14.2. The SMILES string of the molecule is Cc1c(C#N)cccc1C1=CCCCC1. The van der Waals surface area contributed by atoms with Crippen LogP contribution in [0.3, 0.4) is 0 Å². The molecule has 0 aromatic heterocycles. The van der Waals surface area contributed by atoms with Gasteiger partial charge in [-0.3, -0.25) is 0 Å². The Bertz CT molecular complexity index is 435. The van der Waals surface area contributed by atoms with Gasteiger partial charge in [0.1, 0.15) is 0 Å². The van der Waals surface area contributed by atoms with Gasteiger partial charge in [-0.2, -0.15) is 5.26 Å². The van der Waals surface area contributed by atoms with E-state index >= 15 is 0 Å². The maximum absolute atomic E-state index is 8.97. The Labute approximate surface area is 91.0 Å². The van der Waals surface area contributed by atoms with Crippen molar-refractivity contribution in [3.63, 3.8) is 0 Å². The van der Waals surface area contributed by atoms with Gasteiger partial charge in [0.15, 0.2) is 0 Å². The van der Waals surface area contributed by atoms with Gasteiger partial charge in [0.05, 0.1) is 11.6 Å². The lowest BCUT2D eigenvalue weighted by Crippen LogP contribution is -1.96. The monoisotopic (exact) mass is 197 g/mol. The van der Waals surface area contributed by atoms with E-state index in [0.717, 1.165) is 17.5 Å². The molecule has 0 amide bonds. The summed E-state index contributed by atoms with van der Waals surface area (Å²) in [5.74, 6) is 0. The van der Waals surface area contributed by atoms with Crippen molar-refractivity contribution in [2.75, 3.05) is 0 Å². The van der Waals surface area contributed by atoms with Gasteiger partial charge < -0.3 is 0 Å². The molecule has 76 valence electrons. The summed E-state index contributed by atoms with van der Waals surface area (Å²) in [4.78, 5) is 0. The average molecular weight is 197 g/mol. The Morgan fingerprint density at radius 3 is 2.80 bits per heavy atom. The molecule has 1 heteroatoms. The summed E-state index contributed by atoms with van der Waals surface area (Å²) in [7, 11) is 0. The van der Waals surface area contributed by atoms with Crippen LogP contribution in [0.15, 0.2) is 24.3 Å². The van der Waals surface area contributed by atoms with E-state index in [2.05, 4.69) is 18.2 Å². The molecule has 2 rings (SSSR count). The maximum atomic E-state index is 8.97. The molecular weight excluding hydrogens is 182 g/mol. The van der Waals surface area contributed by atoms with Crippen molar-refractivity contribution >= 4 is 5.57 Å². The van der Waals surface area contributed by atoms with Crippen molar-refractivity contribution in [1.29, 1.82) is 5.26 Å². The predicted octanol–water partition coefficient (Wildman–Crippen LogP) is 3.82. The third-order valence-corrected chi connectivity index (χ3v) is 3.09. The molecule has 0 N–H and O–H groups in total. The largest absolute Gasteiger partial charge is 0.192 e. The van der Waals surface area contributed by atoms with E-state index in [1.54, 1.807) is 0 Å². The number of hydrogen-bond acceptors (Lipinski definition) is 1. The van der Waals surface area contributed by atoms with Gasteiger partial charge in [-0.15, -0.1) is 0 Å². The van der Waals surface area contributed by atoms with E-state index in [1.807, 2.05) is 19.1 Å². The van der Waals surface area contributed by atoms with Gasteiger partial charge in [0, 0.05) is 0 Å². The zero-order valence-corrected chi connectivity index (χ0v) is 9.09. The van der Waals surface area contributed by atoms with E-state index in [-0.39, 0.29) is 0 Å². The lowest BCUT2D eigenvalue weighted by molar-refractivity contribution is 0.741. The number of nitrogens with zero attached hydrogens (tertiary/aromatic N) is 1. The third-order valence-electron chi connectivity index (χ3n) is 3.09. The molecule has 0 bridgehead atoms. The van der Waals surface area contributed by atoms with Crippen molar-refractivity contribution in [1.82, 2.24) is 0 Å². The maximum Gasteiger partial charge on any atom is 0.0994 e. The summed E-state index contributed by atoms with van der Waals surface area (Å²) < 4.78 is 0. The highest BCUT2D eigenvalue weighted by molar-refractivity contribution is 5.70. The van der Waals surface area contributed by atoms with E-state index in [1.165, 1.54) is 30.4 Å². The molecule has 0 radical (unpaired) electrons. The van der Waals surface area contributed by atoms with Crippen LogP contribution in [0, 0.1) is 18.3 Å². The molecule has 0 aliphatic heterocycles. The Balaban J connectivity index is 2.44. The van der Waals surface area contributed by atoms with Gasteiger partial charge in [-0.25, -0.2) is 0 Å². The van der Waals surface area contributed by atoms with Crippen LogP contribution in [0.5, 0.6) is 0 Å². The molecule has 1 aromatic rings. The molecule has 15 heavy (non-hydrogen) atoms. The molecule has 1 nitrogen and oxygen atoms in total. The van der Waals surface area contributed by atoms with Crippen LogP contribution in [0.25, 0.3) is 5.57 Å². The van der Waals surface area contributed by atoms with Gasteiger partial charge in [0.2, 0.25) is 0 Å². The highest BCUT2D eigenvalue weighted by Crippen LogP contribution is 2.29. The quantitative estimate of drug-likeness (QED) is 0.671. The van der Waals surface area contributed by atoms with Gasteiger partial charge in [0.25, 0.3) is 0 Å². The first-order chi connectivity index (χ1) is 7.33. The summed E-state index contributed by atoms with van der Waals surface area (Å²) in [6, 6.07) is 8.25. The second kappa shape index (κ2) is 4.31. The van der Waals surface area contributed by atoms with Crippen molar-refractivity contribution in [3.8, 4) is 6.07 Å². The van der Waals surface area contributed by atoms with Crippen molar-refractivity contribution in [2.45, 2.75) is 32.6 Å². The van der Waals surface area contributed by atoms with Crippen molar-refractivity contribution < 1.29 is 0 Å². The minimum absolute atomic E-state index is 0.805. The lowest BCUT2D eigenvalue weighted by Gasteiger charge is -2.15. The van der Waals surface area contributed by atoms with Gasteiger partial charge in [-0.1, -0.05) is 18.2 Å². The molecule has 0 unspecified atom stereocenters. The standard InChI is InChI=1S/C14H15N/c1-11-13(10-15)8-5-9-14(11)12-6-3-2-4-7-12/h5-6,8-9H,2-4,7H2,1H3. The molecule has 1 aromatic carbocycles. The summed E-state index contributed by atoms with van der Waals surface area (Å²) in [5.41, 5.74) is 4.64. The van der Waals surface area contributed by atoms with E-state index in [9.17, 15) is 0 Å². The number of allylic oxidation sites excluding steroid dienone is 2. The topological polar surface area (TPSA) is 23.8 Å². The number of nitriles is 1.